The van der Waals surface area contributed by atoms with Gasteiger partial charge in [-0.15, -0.1) is 0 Å². The largest absolute Gasteiger partial charge is 0.491 e. The molecule has 0 heterocycles. The molecule has 0 aliphatic carbocycles. The van der Waals surface area contributed by atoms with Gasteiger partial charge in [-0.3, -0.25) is 4.79 Å². The molecule has 21 heavy (non-hydrogen) atoms. The highest BCUT2D eigenvalue weighted by molar-refractivity contribution is 5.75. The van der Waals surface area contributed by atoms with Crippen LogP contribution in [0.2, 0.25) is 0 Å². The Bertz CT molecular complexity index is 471. The van der Waals surface area contributed by atoms with Crippen molar-refractivity contribution in [1.82, 2.24) is 10.6 Å². The Morgan fingerprint density at radius 3 is 2.33 bits per heavy atom. The highest BCUT2D eigenvalue weighted by Crippen LogP contribution is 2.18. The third-order valence-electron chi connectivity index (χ3n) is 2.72. The highest BCUT2D eigenvalue weighted by Gasteiger charge is 2.09. The van der Waals surface area contributed by atoms with Crippen molar-refractivity contribution in [2.45, 2.75) is 39.3 Å². The quantitative estimate of drug-likeness (QED) is 0.720. The number of carbonyl (C=O) groups is 2. The molecular formula is C15H22N2O4. The average molecular weight is 294 g/mol. The van der Waals surface area contributed by atoms with Crippen LogP contribution in [-0.2, 0) is 4.79 Å². The van der Waals surface area contributed by atoms with Gasteiger partial charge in [-0.25, -0.2) is 4.79 Å². The van der Waals surface area contributed by atoms with Crippen molar-refractivity contribution in [3.05, 3.63) is 29.8 Å². The predicted octanol–water partition coefficient (Wildman–Crippen LogP) is 2.31. The third kappa shape index (κ3) is 6.65. The molecule has 3 N–H and O–H groups in total. The number of hydrogen-bond donors (Lipinski definition) is 3. The molecule has 116 valence electrons. The second-order valence-corrected chi connectivity index (χ2v) is 5.00. The van der Waals surface area contributed by atoms with Crippen molar-refractivity contribution in [2.75, 3.05) is 6.54 Å². The van der Waals surface area contributed by atoms with Crippen molar-refractivity contribution in [2.24, 2.45) is 0 Å². The number of rotatable bonds is 7. The van der Waals surface area contributed by atoms with Crippen LogP contribution in [0.4, 0.5) is 4.79 Å². The van der Waals surface area contributed by atoms with Crippen molar-refractivity contribution in [3.63, 3.8) is 0 Å². The molecule has 0 aliphatic heterocycles. The zero-order valence-electron chi connectivity index (χ0n) is 12.6. The summed E-state index contributed by atoms with van der Waals surface area (Å²) in [5, 5.41) is 13.7. The van der Waals surface area contributed by atoms with Gasteiger partial charge in [0.2, 0.25) is 0 Å². The van der Waals surface area contributed by atoms with Crippen LogP contribution in [-0.4, -0.2) is 29.8 Å². The van der Waals surface area contributed by atoms with E-state index in [4.69, 9.17) is 9.84 Å². The molecule has 1 aromatic carbocycles. The lowest BCUT2D eigenvalue weighted by Gasteiger charge is -2.16. The van der Waals surface area contributed by atoms with E-state index in [1.807, 2.05) is 45.0 Å². The molecule has 0 bridgehead atoms. The number of nitrogens with one attached hydrogen (secondary N) is 2. The minimum Gasteiger partial charge on any atom is -0.491 e. The number of hydrogen-bond acceptors (Lipinski definition) is 3. The van der Waals surface area contributed by atoms with Crippen LogP contribution >= 0.6 is 0 Å². The van der Waals surface area contributed by atoms with E-state index in [1.54, 1.807) is 0 Å². The van der Waals surface area contributed by atoms with Gasteiger partial charge in [-0.2, -0.15) is 0 Å². The van der Waals surface area contributed by atoms with Gasteiger partial charge in [0.15, 0.2) is 0 Å². The Hall–Kier alpha value is -2.24. The summed E-state index contributed by atoms with van der Waals surface area (Å²) in [6.07, 6.45) is 0.0228. The first kappa shape index (κ1) is 16.8. The summed E-state index contributed by atoms with van der Waals surface area (Å²) in [5.41, 5.74) is 0.944. The van der Waals surface area contributed by atoms with E-state index in [0.29, 0.717) is 0 Å². The van der Waals surface area contributed by atoms with E-state index in [9.17, 15) is 9.59 Å². The first-order valence-corrected chi connectivity index (χ1v) is 6.91. The van der Waals surface area contributed by atoms with E-state index in [1.165, 1.54) is 0 Å². The molecule has 6 nitrogen and oxygen atoms in total. The molecule has 0 fully saturated rings. The zero-order valence-corrected chi connectivity index (χ0v) is 12.6. The molecule has 0 aliphatic rings. The van der Waals surface area contributed by atoms with Crippen molar-refractivity contribution in [1.29, 1.82) is 0 Å². The number of ether oxygens (including phenoxy) is 1. The standard InChI is InChI=1S/C15H22N2O4/c1-10(2)21-13-6-4-12(5-7-13)11(3)17-15(20)16-9-8-14(18)19/h4-7,10-11H,8-9H2,1-3H3,(H,18,19)(H2,16,17,20). The molecule has 6 heteroatoms. The van der Waals surface area contributed by atoms with Gasteiger partial charge in [-0.1, -0.05) is 12.1 Å². The summed E-state index contributed by atoms with van der Waals surface area (Å²) in [6.45, 7) is 5.88. The van der Waals surface area contributed by atoms with Gasteiger partial charge in [-0.05, 0) is 38.5 Å². The number of benzene rings is 1. The van der Waals surface area contributed by atoms with Crippen LogP contribution in [0.1, 0.15) is 38.8 Å². The van der Waals surface area contributed by atoms with Crippen LogP contribution in [0.25, 0.3) is 0 Å². The number of carboxylic acid groups (broad SMARTS) is 1. The molecule has 0 aromatic heterocycles. The van der Waals surface area contributed by atoms with E-state index in [2.05, 4.69) is 10.6 Å². The summed E-state index contributed by atoms with van der Waals surface area (Å²) in [4.78, 5) is 21.9. The fraction of sp³-hybridized carbons (Fsp3) is 0.467. The Morgan fingerprint density at radius 2 is 1.81 bits per heavy atom. The predicted molar refractivity (Wildman–Crippen MR) is 79.4 cm³/mol. The Balaban J connectivity index is 2.45. The second-order valence-electron chi connectivity index (χ2n) is 5.00. The van der Waals surface area contributed by atoms with Crippen molar-refractivity contribution < 1.29 is 19.4 Å². The lowest BCUT2D eigenvalue weighted by atomic mass is 10.1. The molecule has 1 unspecified atom stereocenters. The maximum atomic E-state index is 11.6. The van der Waals surface area contributed by atoms with E-state index in [-0.39, 0.29) is 31.1 Å². The Morgan fingerprint density at radius 1 is 1.19 bits per heavy atom. The number of carboxylic acids is 1. The summed E-state index contributed by atoms with van der Waals surface area (Å²) in [6, 6.07) is 6.93. The summed E-state index contributed by atoms with van der Waals surface area (Å²) in [5.74, 6) is -0.157. The van der Waals surface area contributed by atoms with Gasteiger partial charge in [0.1, 0.15) is 5.75 Å². The lowest BCUT2D eigenvalue weighted by Crippen LogP contribution is -2.38. The topological polar surface area (TPSA) is 87.7 Å². The molecule has 1 rings (SSSR count). The first-order valence-electron chi connectivity index (χ1n) is 6.91. The Labute approximate surface area is 124 Å². The fourth-order valence-corrected chi connectivity index (χ4v) is 1.72. The number of amides is 2. The highest BCUT2D eigenvalue weighted by atomic mass is 16.5. The fourth-order valence-electron chi connectivity index (χ4n) is 1.72. The van der Waals surface area contributed by atoms with Gasteiger partial charge >= 0.3 is 12.0 Å². The molecule has 1 atom stereocenters. The third-order valence-corrected chi connectivity index (χ3v) is 2.72. The van der Waals surface area contributed by atoms with Gasteiger partial charge in [0.25, 0.3) is 0 Å². The zero-order chi connectivity index (χ0) is 15.8. The Kier molecular flexibility index (Phi) is 6.52. The number of urea groups is 1. The van der Waals surface area contributed by atoms with E-state index < -0.39 is 5.97 Å². The second kappa shape index (κ2) is 8.14. The van der Waals surface area contributed by atoms with Crippen LogP contribution in [0.3, 0.4) is 0 Å². The minimum atomic E-state index is -0.941. The SMILES string of the molecule is CC(C)Oc1ccc(C(C)NC(=O)NCCC(=O)O)cc1. The van der Waals surface area contributed by atoms with Gasteiger partial charge < -0.3 is 20.5 Å². The molecule has 1 aromatic rings. The normalized spacial score (nSPS) is 11.8. The number of carbonyl (C=O) groups excluding carboxylic acids is 1. The van der Waals surface area contributed by atoms with Crippen LogP contribution < -0.4 is 15.4 Å². The van der Waals surface area contributed by atoms with E-state index in [0.717, 1.165) is 11.3 Å². The molecule has 0 saturated carbocycles. The minimum absolute atomic E-state index is 0.0942. The van der Waals surface area contributed by atoms with Crippen molar-refractivity contribution >= 4 is 12.0 Å². The van der Waals surface area contributed by atoms with Crippen LogP contribution in [0, 0.1) is 0 Å². The molecular weight excluding hydrogens is 272 g/mol. The molecule has 0 radical (unpaired) electrons. The lowest BCUT2D eigenvalue weighted by molar-refractivity contribution is -0.136. The van der Waals surface area contributed by atoms with Gasteiger partial charge in [0, 0.05) is 6.54 Å². The maximum Gasteiger partial charge on any atom is 0.315 e. The van der Waals surface area contributed by atoms with Crippen LogP contribution in [0.5, 0.6) is 5.75 Å². The smallest absolute Gasteiger partial charge is 0.315 e. The van der Waals surface area contributed by atoms with Crippen molar-refractivity contribution in [3.8, 4) is 5.75 Å². The van der Waals surface area contributed by atoms with E-state index >= 15 is 0 Å². The summed E-state index contributed by atoms with van der Waals surface area (Å²) in [7, 11) is 0. The summed E-state index contributed by atoms with van der Waals surface area (Å²) < 4.78 is 5.55. The maximum absolute atomic E-state index is 11.6. The monoisotopic (exact) mass is 294 g/mol. The summed E-state index contributed by atoms with van der Waals surface area (Å²) >= 11 is 0. The van der Waals surface area contributed by atoms with Crippen LogP contribution in [0.15, 0.2) is 24.3 Å². The van der Waals surface area contributed by atoms with Gasteiger partial charge in [0.05, 0.1) is 18.6 Å². The molecule has 2 amide bonds. The molecule has 0 saturated heterocycles. The average Bonchev–Trinajstić information content (AvgIpc) is 2.38. The molecule has 0 spiro atoms. The first-order chi connectivity index (χ1) is 9.88. The number of aliphatic carboxylic acids is 1.